The highest BCUT2D eigenvalue weighted by atomic mass is 79.9. The van der Waals surface area contributed by atoms with Crippen LogP contribution in [-0.2, 0) is 0 Å². The zero-order chi connectivity index (χ0) is 14.0. The Morgan fingerprint density at radius 3 is 2.53 bits per heavy atom. The van der Waals surface area contributed by atoms with Gasteiger partial charge >= 0.3 is 0 Å². The van der Waals surface area contributed by atoms with E-state index in [1.54, 1.807) is 7.11 Å². The molecule has 1 nitrogen and oxygen atoms in total. The van der Waals surface area contributed by atoms with Crippen LogP contribution in [0.4, 0.5) is 0 Å². The Labute approximate surface area is 142 Å². The summed E-state index contributed by atoms with van der Waals surface area (Å²) in [6.07, 6.45) is 0. The zero-order valence-electron chi connectivity index (χ0n) is 9.96. The average molecular weight is 469 g/mol. The van der Waals surface area contributed by atoms with Gasteiger partial charge in [-0.1, -0.05) is 55.6 Å². The second-order valence-corrected chi connectivity index (χ2v) is 7.05. The van der Waals surface area contributed by atoms with Gasteiger partial charge < -0.3 is 4.74 Å². The largest absolute Gasteiger partial charge is 0.495 e. The molecule has 0 N–H and O–H groups in total. The molecule has 0 aliphatic carbocycles. The van der Waals surface area contributed by atoms with E-state index in [1.807, 2.05) is 24.3 Å². The van der Waals surface area contributed by atoms with Gasteiger partial charge in [0.2, 0.25) is 0 Å². The Kier molecular flexibility index (Phi) is 5.35. The molecule has 1 atom stereocenters. The fourth-order valence-electron chi connectivity index (χ4n) is 1.83. The van der Waals surface area contributed by atoms with Crippen molar-refractivity contribution in [2.24, 2.45) is 0 Å². The van der Waals surface area contributed by atoms with Gasteiger partial charge in [-0.2, -0.15) is 0 Å². The lowest BCUT2D eigenvalue weighted by Gasteiger charge is -2.17. The number of rotatable bonds is 3. The van der Waals surface area contributed by atoms with Crippen LogP contribution in [0.2, 0.25) is 5.02 Å². The third-order valence-corrected chi connectivity index (χ3v) is 4.98. The molecule has 0 saturated carbocycles. The third-order valence-electron chi connectivity index (χ3n) is 2.66. The van der Waals surface area contributed by atoms with Crippen molar-refractivity contribution in [1.29, 1.82) is 0 Å². The Morgan fingerprint density at radius 1 is 1.16 bits per heavy atom. The number of alkyl halides is 1. The molecule has 2 rings (SSSR count). The molecule has 0 fully saturated rings. The molecule has 0 amide bonds. The Bertz CT molecular complexity index is 601. The highest BCUT2D eigenvalue weighted by molar-refractivity contribution is 9.11. The molecule has 0 radical (unpaired) electrons. The minimum atomic E-state index is 0.00921. The van der Waals surface area contributed by atoms with E-state index in [-0.39, 0.29) is 4.83 Å². The summed E-state index contributed by atoms with van der Waals surface area (Å²) in [5.41, 5.74) is 2.11. The van der Waals surface area contributed by atoms with Gasteiger partial charge in [0.1, 0.15) is 5.75 Å². The first-order valence-electron chi connectivity index (χ1n) is 5.45. The van der Waals surface area contributed by atoms with E-state index in [9.17, 15) is 0 Å². The Morgan fingerprint density at radius 2 is 1.89 bits per heavy atom. The lowest BCUT2D eigenvalue weighted by molar-refractivity contribution is 0.408. The first kappa shape index (κ1) is 15.4. The molecule has 0 aromatic heterocycles. The molecule has 2 aromatic carbocycles. The summed E-state index contributed by atoms with van der Waals surface area (Å²) in [5, 5.41) is 0.669. The van der Waals surface area contributed by atoms with E-state index >= 15 is 0 Å². The van der Waals surface area contributed by atoms with E-state index in [2.05, 4.69) is 59.9 Å². The molecule has 0 spiro atoms. The van der Waals surface area contributed by atoms with E-state index in [0.29, 0.717) is 5.02 Å². The number of methoxy groups -OCH3 is 1. The topological polar surface area (TPSA) is 9.23 Å². The van der Waals surface area contributed by atoms with Crippen LogP contribution in [0.15, 0.2) is 45.3 Å². The lowest BCUT2D eigenvalue weighted by Crippen LogP contribution is -1.98. The summed E-state index contributed by atoms with van der Waals surface area (Å²) in [5.74, 6) is 0.784. The fourth-order valence-corrected chi connectivity index (χ4v) is 3.87. The van der Waals surface area contributed by atoms with Crippen molar-refractivity contribution in [2.75, 3.05) is 7.11 Å². The summed E-state index contributed by atoms with van der Waals surface area (Å²) in [7, 11) is 1.65. The quantitative estimate of drug-likeness (QED) is 0.476. The van der Waals surface area contributed by atoms with Crippen LogP contribution in [0.25, 0.3) is 0 Å². The van der Waals surface area contributed by atoms with Crippen LogP contribution in [0.3, 0.4) is 0 Å². The predicted octanol–water partition coefficient (Wildman–Crippen LogP) is 6.36. The molecule has 1 unspecified atom stereocenters. The van der Waals surface area contributed by atoms with Crippen LogP contribution in [-0.4, -0.2) is 7.11 Å². The van der Waals surface area contributed by atoms with Crippen LogP contribution in [0.1, 0.15) is 16.0 Å². The summed E-state index contributed by atoms with van der Waals surface area (Å²) in [6.45, 7) is 0. The summed E-state index contributed by atoms with van der Waals surface area (Å²) in [6, 6.07) is 11.8. The van der Waals surface area contributed by atoms with E-state index in [0.717, 1.165) is 25.8 Å². The minimum Gasteiger partial charge on any atom is -0.495 e. The van der Waals surface area contributed by atoms with E-state index < -0.39 is 0 Å². The van der Waals surface area contributed by atoms with E-state index in [4.69, 9.17) is 16.3 Å². The van der Waals surface area contributed by atoms with Gasteiger partial charge in [0.05, 0.1) is 16.4 Å². The number of hydrogen-bond donors (Lipinski definition) is 0. The standard InChI is InChI=1S/C14H10Br3ClO/c1-19-14-11(6-10(18)7-12(14)16)13(17)8-3-2-4-9(15)5-8/h2-7,13H,1H3. The van der Waals surface area contributed by atoms with Crippen molar-refractivity contribution in [3.8, 4) is 5.75 Å². The molecular weight excluding hydrogens is 459 g/mol. The Hall–Kier alpha value is -0.0300. The monoisotopic (exact) mass is 466 g/mol. The first-order valence-corrected chi connectivity index (χ1v) is 8.33. The third kappa shape index (κ3) is 3.54. The van der Waals surface area contributed by atoms with Crippen molar-refractivity contribution in [1.82, 2.24) is 0 Å². The number of hydrogen-bond acceptors (Lipinski definition) is 1. The van der Waals surface area contributed by atoms with Gasteiger partial charge in [-0.3, -0.25) is 0 Å². The maximum atomic E-state index is 6.13. The molecule has 19 heavy (non-hydrogen) atoms. The van der Waals surface area contributed by atoms with Crippen LogP contribution in [0.5, 0.6) is 5.75 Å². The predicted molar refractivity (Wildman–Crippen MR) is 90.6 cm³/mol. The van der Waals surface area contributed by atoms with E-state index in [1.165, 1.54) is 0 Å². The second kappa shape index (κ2) is 6.61. The van der Waals surface area contributed by atoms with Crippen molar-refractivity contribution in [3.05, 3.63) is 61.5 Å². The van der Waals surface area contributed by atoms with Crippen LogP contribution >= 0.6 is 59.4 Å². The fraction of sp³-hybridized carbons (Fsp3) is 0.143. The molecule has 100 valence electrons. The van der Waals surface area contributed by atoms with Gasteiger partial charge in [-0.25, -0.2) is 0 Å². The van der Waals surface area contributed by atoms with Crippen LogP contribution in [0, 0.1) is 0 Å². The minimum absolute atomic E-state index is 0.00921. The molecule has 0 aliphatic rings. The summed E-state index contributed by atoms with van der Waals surface area (Å²) >= 11 is 16.8. The van der Waals surface area contributed by atoms with Crippen molar-refractivity contribution >= 4 is 59.4 Å². The average Bonchev–Trinajstić information content (AvgIpc) is 2.37. The van der Waals surface area contributed by atoms with Gasteiger partial charge in [0.25, 0.3) is 0 Å². The molecule has 5 heteroatoms. The molecule has 0 saturated heterocycles. The highest BCUT2D eigenvalue weighted by Gasteiger charge is 2.18. The van der Waals surface area contributed by atoms with Crippen LogP contribution < -0.4 is 4.74 Å². The number of halogens is 4. The molecular formula is C14H10Br3ClO. The van der Waals surface area contributed by atoms with Crippen molar-refractivity contribution in [2.45, 2.75) is 4.83 Å². The SMILES string of the molecule is COc1c(Br)cc(Cl)cc1C(Br)c1cccc(Br)c1. The van der Waals surface area contributed by atoms with Gasteiger partial charge in [0.15, 0.2) is 0 Å². The maximum Gasteiger partial charge on any atom is 0.137 e. The lowest BCUT2D eigenvalue weighted by atomic mass is 10.0. The Balaban J connectivity index is 2.52. The summed E-state index contributed by atoms with van der Waals surface area (Å²) < 4.78 is 7.34. The molecule has 0 heterocycles. The maximum absolute atomic E-state index is 6.13. The van der Waals surface area contributed by atoms with Crippen molar-refractivity contribution in [3.63, 3.8) is 0 Å². The summed E-state index contributed by atoms with van der Waals surface area (Å²) in [4.78, 5) is 0.00921. The smallest absolute Gasteiger partial charge is 0.137 e. The molecule has 0 aliphatic heterocycles. The zero-order valence-corrected chi connectivity index (χ0v) is 15.5. The number of ether oxygens (including phenoxy) is 1. The number of benzene rings is 2. The van der Waals surface area contributed by atoms with Gasteiger partial charge in [-0.15, -0.1) is 0 Å². The van der Waals surface area contributed by atoms with Gasteiger partial charge in [-0.05, 0) is 45.8 Å². The highest BCUT2D eigenvalue weighted by Crippen LogP contribution is 2.42. The second-order valence-electron chi connectivity index (χ2n) is 3.93. The first-order chi connectivity index (χ1) is 9.02. The molecule has 2 aromatic rings. The molecule has 0 bridgehead atoms. The van der Waals surface area contributed by atoms with Gasteiger partial charge in [0, 0.05) is 15.1 Å². The van der Waals surface area contributed by atoms with Crippen molar-refractivity contribution < 1.29 is 4.74 Å². The normalized spacial score (nSPS) is 12.3.